The zero-order valence-corrected chi connectivity index (χ0v) is 8.85. The largest absolute Gasteiger partial charge is 0.479 e. The predicted octanol–water partition coefficient (Wildman–Crippen LogP) is 0.377. The van der Waals surface area contributed by atoms with Crippen molar-refractivity contribution in [1.29, 1.82) is 0 Å². The van der Waals surface area contributed by atoms with Gasteiger partial charge in [0.25, 0.3) is 5.91 Å². The van der Waals surface area contributed by atoms with Crippen molar-refractivity contribution >= 4 is 17.3 Å². The average molecular weight is 222 g/mol. The minimum Gasteiger partial charge on any atom is -0.479 e. The third kappa shape index (κ3) is 1.81. The molecule has 3 N–H and O–H groups in total. The molecule has 0 bridgehead atoms. The number of amides is 1. The Morgan fingerprint density at radius 1 is 1.50 bits per heavy atom. The van der Waals surface area contributed by atoms with Gasteiger partial charge in [0, 0.05) is 13.2 Å². The van der Waals surface area contributed by atoms with Gasteiger partial charge in [0.05, 0.1) is 11.4 Å². The Kier molecular flexibility index (Phi) is 2.96. The molecule has 2 rings (SSSR count). The highest BCUT2D eigenvalue weighted by molar-refractivity contribution is 5.99. The molecule has 1 heterocycles. The maximum atomic E-state index is 11.7. The van der Waals surface area contributed by atoms with Crippen LogP contribution in [0, 0.1) is 0 Å². The summed E-state index contributed by atoms with van der Waals surface area (Å²) in [7, 11) is 0. The van der Waals surface area contributed by atoms with Gasteiger partial charge in [-0.15, -0.1) is 0 Å². The highest BCUT2D eigenvalue weighted by Crippen LogP contribution is 2.36. The van der Waals surface area contributed by atoms with Gasteiger partial charge in [-0.25, -0.2) is 0 Å². The molecule has 0 saturated heterocycles. The third-order valence-corrected chi connectivity index (χ3v) is 2.50. The molecule has 86 valence electrons. The van der Waals surface area contributed by atoms with Crippen LogP contribution in [0.4, 0.5) is 11.4 Å². The summed E-state index contributed by atoms with van der Waals surface area (Å²) >= 11 is 0. The highest BCUT2D eigenvalue weighted by Gasteiger charge is 2.26. The molecule has 5 nitrogen and oxygen atoms in total. The van der Waals surface area contributed by atoms with Crippen LogP contribution in [0.2, 0.25) is 0 Å². The first-order valence-electron chi connectivity index (χ1n) is 5.16. The Bertz CT molecular complexity index is 406. The Labute approximate surface area is 93.4 Å². The van der Waals surface area contributed by atoms with E-state index in [0.717, 1.165) is 0 Å². The van der Waals surface area contributed by atoms with E-state index in [2.05, 4.69) is 0 Å². The fraction of sp³-hybridized carbons (Fsp3) is 0.364. The summed E-state index contributed by atoms with van der Waals surface area (Å²) in [6.07, 6.45) is 0.542. The first-order valence-corrected chi connectivity index (χ1v) is 5.16. The zero-order valence-electron chi connectivity index (χ0n) is 8.85. The molecule has 1 aromatic rings. The zero-order chi connectivity index (χ0) is 11.5. The molecule has 16 heavy (non-hydrogen) atoms. The maximum Gasteiger partial charge on any atom is 0.265 e. The van der Waals surface area contributed by atoms with Crippen LogP contribution in [0.25, 0.3) is 0 Å². The van der Waals surface area contributed by atoms with Crippen molar-refractivity contribution in [2.75, 3.05) is 30.4 Å². The molecule has 1 amide bonds. The lowest BCUT2D eigenvalue weighted by Crippen LogP contribution is -2.39. The van der Waals surface area contributed by atoms with E-state index in [1.807, 2.05) is 0 Å². The molecule has 0 unspecified atom stereocenters. The average Bonchev–Trinajstić information content (AvgIpc) is 2.28. The van der Waals surface area contributed by atoms with E-state index in [9.17, 15) is 4.79 Å². The summed E-state index contributed by atoms with van der Waals surface area (Å²) in [5.41, 5.74) is 6.98. The van der Waals surface area contributed by atoms with Crippen LogP contribution in [0.15, 0.2) is 18.2 Å². The molecule has 0 saturated carbocycles. The number of benzene rings is 1. The van der Waals surface area contributed by atoms with E-state index >= 15 is 0 Å². The van der Waals surface area contributed by atoms with Crippen molar-refractivity contribution < 1.29 is 14.6 Å². The van der Waals surface area contributed by atoms with E-state index in [4.69, 9.17) is 15.6 Å². The van der Waals surface area contributed by atoms with E-state index < -0.39 is 0 Å². The molecule has 0 aliphatic carbocycles. The topological polar surface area (TPSA) is 75.8 Å². The summed E-state index contributed by atoms with van der Waals surface area (Å²) in [5, 5.41) is 8.79. The minimum atomic E-state index is -0.105. The molecule has 5 heteroatoms. The number of fused-ring (bicyclic) bond motifs is 1. The van der Waals surface area contributed by atoms with Gasteiger partial charge in [0.1, 0.15) is 0 Å². The molecule has 1 aliphatic heterocycles. The van der Waals surface area contributed by atoms with Gasteiger partial charge in [-0.1, -0.05) is 6.07 Å². The van der Waals surface area contributed by atoms with Crippen molar-refractivity contribution in [3.8, 4) is 5.75 Å². The van der Waals surface area contributed by atoms with Crippen LogP contribution in [0.3, 0.4) is 0 Å². The molecule has 0 atom stereocenters. The minimum absolute atomic E-state index is 0.00659. The van der Waals surface area contributed by atoms with Crippen LogP contribution in [0.5, 0.6) is 5.75 Å². The van der Waals surface area contributed by atoms with Gasteiger partial charge in [0.15, 0.2) is 12.4 Å². The summed E-state index contributed by atoms with van der Waals surface area (Å²) in [6.45, 7) is 0.546. The third-order valence-electron chi connectivity index (χ3n) is 2.50. The lowest BCUT2D eigenvalue weighted by Gasteiger charge is -2.29. The maximum absolute atomic E-state index is 11.7. The van der Waals surface area contributed by atoms with Gasteiger partial charge in [0.2, 0.25) is 0 Å². The number of ether oxygens (including phenoxy) is 1. The molecular weight excluding hydrogens is 208 g/mol. The number of hydrogen-bond acceptors (Lipinski definition) is 4. The van der Waals surface area contributed by atoms with Crippen molar-refractivity contribution in [2.45, 2.75) is 6.42 Å². The Morgan fingerprint density at radius 3 is 3.06 bits per heavy atom. The first-order chi connectivity index (χ1) is 7.74. The number of hydrogen-bond donors (Lipinski definition) is 2. The fourth-order valence-electron chi connectivity index (χ4n) is 1.73. The molecular formula is C11H14N2O3. The lowest BCUT2D eigenvalue weighted by molar-refractivity contribution is -0.121. The number of para-hydroxylation sites is 1. The Balaban J connectivity index is 2.32. The number of carbonyl (C=O) groups is 1. The monoisotopic (exact) mass is 222 g/mol. The van der Waals surface area contributed by atoms with Gasteiger partial charge in [-0.05, 0) is 18.6 Å². The second kappa shape index (κ2) is 4.40. The second-order valence-electron chi connectivity index (χ2n) is 3.61. The smallest absolute Gasteiger partial charge is 0.265 e. The fourth-order valence-corrected chi connectivity index (χ4v) is 1.73. The van der Waals surface area contributed by atoms with Crippen LogP contribution < -0.4 is 15.4 Å². The second-order valence-corrected chi connectivity index (χ2v) is 3.61. The van der Waals surface area contributed by atoms with E-state index in [-0.39, 0.29) is 19.1 Å². The van der Waals surface area contributed by atoms with Crippen LogP contribution in [-0.2, 0) is 4.79 Å². The molecule has 1 aliphatic rings. The van der Waals surface area contributed by atoms with Crippen molar-refractivity contribution in [2.24, 2.45) is 0 Å². The molecule has 0 radical (unpaired) electrons. The Hall–Kier alpha value is -1.75. The summed E-state index contributed by atoms with van der Waals surface area (Å²) in [6, 6.07) is 5.31. The van der Waals surface area contributed by atoms with Crippen LogP contribution in [-0.4, -0.2) is 30.8 Å². The molecule has 0 spiro atoms. The summed E-state index contributed by atoms with van der Waals surface area (Å²) < 4.78 is 5.30. The quantitative estimate of drug-likeness (QED) is 0.725. The Morgan fingerprint density at radius 2 is 2.31 bits per heavy atom. The number of nitrogens with two attached hydrogens (primary N) is 1. The number of nitrogens with zero attached hydrogens (tertiary/aromatic N) is 1. The normalized spacial score (nSPS) is 14.6. The predicted molar refractivity (Wildman–Crippen MR) is 60.4 cm³/mol. The number of carbonyl (C=O) groups excluding carboxylic acids is 1. The number of rotatable bonds is 3. The number of anilines is 2. The van der Waals surface area contributed by atoms with Crippen molar-refractivity contribution in [3.63, 3.8) is 0 Å². The van der Waals surface area contributed by atoms with Crippen molar-refractivity contribution in [1.82, 2.24) is 0 Å². The molecule has 0 fully saturated rings. The van der Waals surface area contributed by atoms with Gasteiger partial charge in [-0.3, -0.25) is 4.79 Å². The van der Waals surface area contributed by atoms with E-state index in [0.29, 0.717) is 30.1 Å². The van der Waals surface area contributed by atoms with Gasteiger partial charge >= 0.3 is 0 Å². The number of nitrogen functional groups attached to an aromatic ring is 1. The van der Waals surface area contributed by atoms with Crippen LogP contribution >= 0.6 is 0 Å². The molecule has 1 aromatic carbocycles. The van der Waals surface area contributed by atoms with Gasteiger partial charge in [-0.2, -0.15) is 0 Å². The summed E-state index contributed by atoms with van der Waals surface area (Å²) in [4.78, 5) is 13.3. The van der Waals surface area contributed by atoms with E-state index in [1.165, 1.54) is 0 Å². The SMILES string of the molecule is Nc1cccc2c1OCC(=O)N2CCCO. The standard InChI is InChI=1S/C11H14N2O3/c12-8-3-1-4-9-11(8)16-7-10(15)13(9)5-2-6-14/h1,3-4,14H,2,5-7,12H2. The van der Waals surface area contributed by atoms with Crippen molar-refractivity contribution in [3.05, 3.63) is 18.2 Å². The number of aliphatic hydroxyl groups is 1. The first kappa shape index (κ1) is 10.8. The van der Waals surface area contributed by atoms with E-state index in [1.54, 1.807) is 23.1 Å². The summed E-state index contributed by atoms with van der Waals surface area (Å²) in [5.74, 6) is 0.451. The molecule has 0 aromatic heterocycles. The lowest BCUT2D eigenvalue weighted by atomic mass is 10.2. The highest BCUT2D eigenvalue weighted by atomic mass is 16.5. The van der Waals surface area contributed by atoms with Crippen LogP contribution in [0.1, 0.15) is 6.42 Å². The number of aliphatic hydroxyl groups excluding tert-OH is 1. The van der Waals surface area contributed by atoms with Gasteiger partial charge < -0.3 is 20.5 Å².